The van der Waals surface area contributed by atoms with Crippen LogP contribution >= 0.6 is 0 Å². The molecule has 1 aromatic carbocycles. The third-order valence-electron chi connectivity index (χ3n) is 3.51. The van der Waals surface area contributed by atoms with E-state index in [4.69, 9.17) is 4.74 Å². The fourth-order valence-electron chi connectivity index (χ4n) is 2.17. The Kier molecular flexibility index (Phi) is 3.66. The summed E-state index contributed by atoms with van der Waals surface area (Å²) in [5.74, 6) is -2.04. The van der Waals surface area contributed by atoms with Crippen molar-refractivity contribution in [2.45, 2.75) is 24.9 Å². The molecule has 0 radical (unpaired) electrons. The van der Waals surface area contributed by atoms with E-state index >= 15 is 0 Å². The predicted octanol–water partition coefficient (Wildman–Crippen LogP) is 2.85. The molecule has 1 aromatic rings. The standard InChI is InChI=1S/C12H14F2N2O3/c1-19-12(3-2-4-12)7-15-10-6-8(13)5-9(14)11(10)16(17)18/h5-6,15H,2-4,7H2,1H3. The Morgan fingerprint density at radius 3 is 2.63 bits per heavy atom. The van der Waals surface area contributed by atoms with Crippen molar-refractivity contribution in [3.8, 4) is 0 Å². The number of anilines is 1. The van der Waals surface area contributed by atoms with Gasteiger partial charge in [-0.15, -0.1) is 0 Å². The van der Waals surface area contributed by atoms with Crippen molar-refractivity contribution >= 4 is 11.4 Å². The largest absolute Gasteiger partial charge is 0.376 e. The van der Waals surface area contributed by atoms with Gasteiger partial charge in [0.1, 0.15) is 11.5 Å². The second-order valence-electron chi connectivity index (χ2n) is 4.64. The molecule has 0 atom stereocenters. The summed E-state index contributed by atoms with van der Waals surface area (Å²) >= 11 is 0. The monoisotopic (exact) mass is 272 g/mol. The lowest BCUT2D eigenvalue weighted by molar-refractivity contribution is -0.386. The molecule has 1 saturated carbocycles. The van der Waals surface area contributed by atoms with Gasteiger partial charge in [0.15, 0.2) is 0 Å². The number of benzene rings is 1. The number of rotatable bonds is 5. The number of methoxy groups -OCH3 is 1. The molecular formula is C12H14F2N2O3. The summed E-state index contributed by atoms with van der Waals surface area (Å²) in [6.45, 7) is 0.285. The van der Waals surface area contributed by atoms with Gasteiger partial charge in [-0.3, -0.25) is 10.1 Å². The van der Waals surface area contributed by atoms with Crippen molar-refractivity contribution in [1.82, 2.24) is 0 Å². The van der Waals surface area contributed by atoms with Crippen LogP contribution in [-0.2, 0) is 4.74 Å². The summed E-state index contributed by atoms with van der Waals surface area (Å²) in [5.41, 5.74) is -1.30. The van der Waals surface area contributed by atoms with Crippen molar-refractivity contribution in [3.05, 3.63) is 33.9 Å². The first kappa shape index (κ1) is 13.7. The van der Waals surface area contributed by atoms with E-state index in [0.29, 0.717) is 6.07 Å². The molecule has 104 valence electrons. The molecule has 0 aromatic heterocycles. The zero-order valence-corrected chi connectivity index (χ0v) is 10.4. The van der Waals surface area contributed by atoms with E-state index in [9.17, 15) is 18.9 Å². The summed E-state index contributed by atoms with van der Waals surface area (Å²) in [6, 6.07) is 1.42. The zero-order chi connectivity index (χ0) is 14.0. The van der Waals surface area contributed by atoms with Crippen molar-refractivity contribution in [2.75, 3.05) is 19.0 Å². The van der Waals surface area contributed by atoms with Gasteiger partial charge in [0, 0.05) is 25.8 Å². The Bertz CT molecular complexity index is 498. The molecule has 7 heteroatoms. The second-order valence-corrected chi connectivity index (χ2v) is 4.64. The Morgan fingerprint density at radius 2 is 2.16 bits per heavy atom. The van der Waals surface area contributed by atoms with Gasteiger partial charge >= 0.3 is 5.69 Å². The summed E-state index contributed by atoms with van der Waals surface area (Å²) in [6.07, 6.45) is 2.65. The first-order valence-corrected chi connectivity index (χ1v) is 5.90. The average molecular weight is 272 g/mol. The van der Waals surface area contributed by atoms with E-state index in [-0.39, 0.29) is 12.2 Å². The van der Waals surface area contributed by atoms with Crippen molar-refractivity contribution in [2.24, 2.45) is 0 Å². The first-order chi connectivity index (χ1) is 8.97. The van der Waals surface area contributed by atoms with Gasteiger partial charge in [-0.25, -0.2) is 4.39 Å². The van der Waals surface area contributed by atoms with Crippen LogP contribution in [0.5, 0.6) is 0 Å². The van der Waals surface area contributed by atoms with Gasteiger partial charge in [-0.1, -0.05) is 0 Å². The molecule has 0 amide bonds. The van der Waals surface area contributed by atoms with E-state index < -0.39 is 27.8 Å². The molecule has 5 nitrogen and oxygen atoms in total. The predicted molar refractivity (Wildman–Crippen MR) is 65.1 cm³/mol. The molecule has 1 aliphatic carbocycles. The number of halogens is 2. The number of hydrogen-bond donors (Lipinski definition) is 1. The number of nitrogens with zero attached hydrogens (tertiary/aromatic N) is 1. The third kappa shape index (κ3) is 2.65. The number of hydrogen-bond acceptors (Lipinski definition) is 4. The van der Waals surface area contributed by atoms with Crippen LogP contribution in [0.3, 0.4) is 0 Å². The normalized spacial score (nSPS) is 16.8. The smallest absolute Gasteiger partial charge is 0.327 e. The number of nitrogens with one attached hydrogen (secondary N) is 1. The highest BCUT2D eigenvalue weighted by atomic mass is 19.1. The fraction of sp³-hybridized carbons (Fsp3) is 0.500. The molecule has 19 heavy (non-hydrogen) atoms. The van der Waals surface area contributed by atoms with Gasteiger partial charge in [-0.05, 0) is 19.3 Å². The van der Waals surface area contributed by atoms with Gasteiger partial charge < -0.3 is 10.1 Å². The van der Waals surface area contributed by atoms with E-state index in [1.807, 2.05) is 0 Å². The lowest BCUT2D eigenvalue weighted by atomic mass is 9.80. The molecule has 1 N–H and O–H groups in total. The molecular weight excluding hydrogens is 258 g/mol. The quantitative estimate of drug-likeness (QED) is 0.661. The third-order valence-corrected chi connectivity index (χ3v) is 3.51. The van der Waals surface area contributed by atoms with Crippen molar-refractivity contribution < 1.29 is 18.4 Å². The van der Waals surface area contributed by atoms with E-state index in [0.717, 1.165) is 25.3 Å². The number of nitro benzene ring substituents is 1. The molecule has 0 heterocycles. The van der Waals surface area contributed by atoms with E-state index in [1.54, 1.807) is 7.11 Å². The lowest BCUT2D eigenvalue weighted by Gasteiger charge is -2.40. The van der Waals surface area contributed by atoms with Crippen LogP contribution in [0.4, 0.5) is 20.2 Å². The maximum absolute atomic E-state index is 13.4. The Balaban J connectivity index is 2.21. The molecule has 1 fully saturated rings. The van der Waals surface area contributed by atoms with Gasteiger partial charge in [-0.2, -0.15) is 4.39 Å². The van der Waals surface area contributed by atoms with Crippen LogP contribution in [0, 0.1) is 21.7 Å². The van der Waals surface area contributed by atoms with Crippen LogP contribution < -0.4 is 5.32 Å². The SMILES string of the molecule is COC1(CNc2cc(F)cc(F)c2[N+](=O)[O-])CCC1. The van der Waals surface area contributed by atoms with Crippen molar-refractivity contribution in [3.63, 3.8) is 0 Å². The highest BCUT2D eigenvalue weighted by Crippen LogP contribution is 2.36. The minimum Gasteiger partial charge on any atom is -0.376 e. The first-order valence-electron chi connectivity index (χ1n) is 5.90. The maximum atomic E-state index is 13.4. The molecule has 0 bridgehead atoms. The molecule has 0 spiro atoms. The lowest BCUT2D eigenvalue weighted by Crippen LogP contribution is -2.45. The summed E-state index contributed by atoms with van der Waals surface area (Å²) in [7, 11) is 1.56. The van der Waals surface area contributed by atoms with Crippen LogP contribution in [-0.4, -0.2) is 24.2 Å². The topological polar surface area (TPSA) is 64.4 Å². The average Bonchev–Trinajstić information content (AvgIpc) is 2.26. The molecule has 2 rings (SSSR count). The van der Waals surface area contributed by atoms with Gasteiger partial charge in [0.25, 0.3) is 0 Å². The minimum atomic E-state index is -1.19. The number of ether oxygens (including phenoxy) is 1. The van der Waals surface area contributed by atoms with Crippen molar-refractivity contribution in [1.29, 1.82) is 0 Å². The highest BCUT2D eigenvalue weighted by molar-refractivity contribution is 5.62. The Morgan fingerprint density at radius 1 is 1.47 bits per heavy atom. The second kappa shape index (κ2) is 5.08. The summed E-state index contributed by atoms with van der Waals surface area (Å²) in [5, 5.41) is 13.5. The van der Waals surface area contributed by atoms with E-state index in [1.165, 1.54) is 0 Å². The van der Waals surface area contributed by atoms with Crippen LogP contribution in [0.15, 0.2) is 12.1 Å². The highest BCUT2D eigenvalue weighted by Gasteiger charge is 2.37. The van der Waals surface area contributed by atoms with Crippen LogP contribution in [0.1, 0.15) is 19.3 Å². The van der Waals surface area contributed by atoms with E-state index in [2.05, 4.69) is 5.32 Å². The van der Waals surface area contributed by atoms with Crippen LogP contribution in [0.25, 0.3) is 0 Å². The molecule has 0 unspecified atom stereocenters. The van der Waals surface area contributed by atoms with Gasteiger partial charge in [0.2, 0.25) is 5.82 Å². The maximum Gasteiger partial charge on any atom is 0.327 e. The minimum absolute atomic E-state index is 0.161. The molecule has 1 aliphatic rings. The summed E-state index contributed by atoms with van der Waals surface area (Å²) < 4.78 is 31.9. The molecule has 0 aliphatic heterocycles. The molecule has 0 saturated heterocycles. The Labute approximate surface area is 108 Å². The summed E-state index contributed by atoms with van der Waals surface area (Å²) in [4.78, 5) is 9.94. The number of nitro groups is 1. The zero-order valence-electron chi connectivity index (χ0n) is 10.4. The fourth-order valence-corrected chi connectivity index (χ4v) is 2.17. The van der Waals surface area contributed by atoms with Crippen LogP contribution in [0.2, 0.25) is 0 Å². The van der Waals surface area contributed by atoms with Gasteiger partial charge in [0.05, 0.1) is 10.5 Å². The Hall–Kier alpha value is -1.76.